The van der Waals surface area contributed by atoms with Gasteiger partial charge in [0, 0.05) is 24.7 Å². The van der Waals surface area contributed by atoms with Crippen molar-refractivity contribution in [3.63, 3.8) is 0 Å². The highest BCUT2D eigenvalue weighted by Crippen LogP contribution is 2.36. The van der Waals surface area contributed by atoms with Crippen LogP contribution in [0.4, 0.5) is 0 Å². The van der Waals surface area contributed by atoms with E-state index in [9.17, 15) is 0 Å². The van der Waals surface area contributed by atoms with Crippen molar-refractivity contribution in [1.82, 2.24) is 4.57 Å². The van der Waals surface area contributed by atoms with Crippen molar-refractivity contribution in [2.24, 2.45) is 12.8 Å². The highest BCUT2D eigenvalue weighted by Gasteiger charge is 2.20. The maximum Gasteiger partial charge on any atom is 0.0515 e. The van der Waals surface area contributed by atoms with E-state index in [1.165, 1.54) is 38.7 Å². The molecule has 2 atom stereocenters. The van der Waals surface area contributed by atoms with Gasteiger partial charge in [-0.3, -0.25) is 0 Å². The summed E-state index contributed by atoms with van der Waals surface area (Å²) < 4.78 is 2.26. The third kappa shape index (κ3) is 1.99. The van der Waals surface area contributed by atoms with Gasteiger partial charge in [-0.1, -0.05) is 6.92 Å². The van der Waals surface area contributed by atoms with Gasteiger partial charge >= 0.3 is 0 Å². The number of aryl methyl sites for hydroxylation is 3. The van der Waals surface area contributed by atoms with Crippen LogP contribution < -0.4 is 5.73 Å². The fourth-order valence-electron chi connectivity index (χ4n) is 3.05. The van der Waals surface area contributed by atoms with Crippen molar-refractivity contribution in [2.75, 3.05) is 0 Å². The van der Waals surface area contributed by atoms with E-state index in [1.54, 1.807) is 0 Å². The molecule has 0 amide bonds. The molecule has 1 heterocycles. The molecule has 2 aromatic rings. The number of rotatable bonds is 2. The van der Waals surface area contributed by atoms with Crippen LogP contribution in [-0.2, 0) is 7.05 Å². The topological polar surface area (TPSA) is 30.9 Å². The maximum atomic E-state index is 6.12. The van der Waals surface area contributed by atoms with Crippen LogP contribution >= 0.6 is 0 Å². The molecule has 1 aromatic carbocycles. The van der Waals surface area contributed by atoms with Crippen molar-refractivity contribution < 1.29 is 0 Å². The molecule has 2 heteroatoms. The maximum absolute atomic E-state index is 6.12. The number of benzene rings is 1. The Morgan fingerprint density at radius 2 is 1.47 bits per heavy atom. The second kappa shape index (κ2) is 4.68. The van der Waals surface area contributed by atoms with Crippen LogP contribution in [0, 0.1) is 27.7 Å². The zero-order valence-electron chi connectivity index (χ0n) is 13.3. The van der Waals surface area contributed by atoms with Crippen molar-refractivity contribution in [1.29, 1.82) is 0 Å². The van der Waals surface area contributed by atoms with Crippen LogP contribution in [0.15, 0.2) is 6.20 Å². The fraction of sp³-hybridized carbons (Fsp3) is 0.529. The van der Waals surface area contributed by atoms with E-state index in [0.29, 0.717) is 5.92 Å². The third-order valence-corrected chi connectivity index (χ3v) is 4.91. The lowest BCUT2D eigenvalue weighted by Crippen LogP contribution is -2.22. The van der Waals surface area contributed by atoms with E-state index in [2.05, 4.69) is 59.4 Å². The molecule has 2 N–H and O–H groups in total. The number of hydrogen-bond acceptors (Lipinski definition) is 1. The van der Waals surface area contributed by atoms with E-state index in [0.717, 1.165) is 0 Å². The van der Waals surface area contributed by atoms with Gasteiger partial charge in [0.2, 0.25) is 0 Å². The van der Waals surface area contributed by atoms with E-state index < -0.39 is 0 Å². The van der Waals surface area contributed by atoms with Gasteiger partial charge in [0.15, 0.2) is 0 Å². The number of nitrogens with two attached hydrogens (primary N) is 1. The highest BCUT2D eigenvalue weighted by molar-refractivity contribution is 5.92. The number of nitrogens with zero attached hydrogens (tertiary/aromatic N) is 1. The minimum atomic E-state index is 0.173. The summed E-state index contributed by atoms with van der Waals surface area (Å²) in [7, 11) is 2.14. The summed E-state index contributed by atoms with van der Waals surface area (Å²) in [5, 5.41) is 1.41. The van der Waals surface area contributed by atoms with Gasteiger partial charge in [0.1, 0.15) is 0 Å². The first kappa shape index (κ1) is 14.1. The van der Waals surface area contributed by atoms with Gasteiger partial charge in [-0.15, -0.1) is 0 Å². The quantitative estimate of drug-likeness (QED) is 0.871. The highest BCUT2D eigenvalue weighted by atomic mass is 14.9. The van der Waals surface area contributed by atoms with Crippen molar-refractivity contribution >= 4 is 10.9 Å². The summed E-state index contributed by atoms with van der Waals surface area (Å²) >= 11 is 0. The molecule has 2 unspecified atom stereocenters. The molecule has 0 radical (unpaired) electrons. The largest absolute Gasteiger partial charge is 0.350 e. The SMILES string of the molecule is Cc1c(C)c(C)c2c(c(C(C)C(C)N)cn2C)c1C. The van der Waals surface area contributed by atoms with Gasteiger partial charge < -0.3 is 10.3 Å². The van der Waals surface area contributed by atoms with E-state index in [-0.39, 0.29) is 6.04 Å². The van der Waals surface area contributed by atoms with Crippen LogP contribution in [-0.4, -0.2) is 10.6 Å². The molecule has 2 nitrogen and oxygen atoms in total. The Morgan fingerprint density at radius 3 is 2.00 bits per heavy atom. The van der Waals surface area contributed by atoms with Gasteiger partial charge in [0.05, 0.1) is 5.52 Å². The normalized spacial score (nSPS) is 14.9. The van der Waals surface area contributed by atoms with Gasteiger partial charge in [0.25, 0.3) is 0 Å². The minimum absolute atomic E-state index is 0.173. The van der Waals surface area contributed by atoms with Gasteiger partial charge in [-0.2, -0.15) is 0 Å². The van der Waals surface area contributed by atoms with Crippen LogP contribution in [0.2, 0.25) is 0 Å². The monoisotopic (exact) mass is 258 g/mol. The van der Waals surface area contributed by atoms with E-state index >= 15 is 0 Å². The number of aromatic nitrogens is 1. The Balaban J connectivity index is 2.91. The number of hydrogen-bond donors (Lipinski definition) is 1. The number of fused-ring (bicyclic) bond motifs is 1. The molecule has 0 spiro atoms. The average molecular weight is 258 g/mol. The smallest absolute Gasteiger partial charge is 0.0515 e. The molecule has 0 saturated heterocycles. The fourth-order valence-corrected chi connectivity index (χ4v) is 3.05. The Bertz CT molecular complexity index is 633. The summed E-state index contributed by atoms with van der Waals surface area (Å²) in [4.78, 5) is 0. The zero-order chi connectivity index (χ0) is 14.5. The molecule has 0 bridgehead atoms. The molecule has 104 valence electrons. The molecular weight excluding hydrogens is 232 g/mol. The first-order chi connectivity index (χ1) is 8.77. The summed E-state index contributed by atoms with van der Waals surface area (Å²) in [5.41, 5.74) is 14.5. The lowest BCUT2D eigenvalue weighted by Gasteiger charge is -2.18. The van der Waals surface area contributed by atoms with Crippen LogP contribution in [0.3, 0.4) is 0 Å². The van der Waals surface area contributed by atoms with Crippen LogP contribution in [0.1, 0.15) is 47.6 Å². The first-order valence-electron chi connectivity index (χ1n) is 7.08. The summed E-state index contributed by atoms with van der Waals surface area (Å²) in [6, 6.07) is 0.173. The van der Waals surface area contributed by atoms with Crippen LogP contribution in [0.25, 0.3) is 10.9 Å². The predicted molar refractivity (Wildman–Crippen MR) is 83.9 cm³/mol. The molecule has 0 aliphatic heterocycles. The molecule has 0 aliphatic rings. The van der Waals surface area contributed by atoms with Gasteiger partial charge in [-0.25, -0.2) is 0 Å². The molecule has 2 rings (SSSR count). The van der Waals surface area contributed by atoms with Crippen molar-refractivity contribution in [2.45, 2.75) is 53.5 Å². The standard InChI is InChI=1S/C17H26N2/c1-9-10(2)12(4)17-16(11(9)3)15(8-19(17)7)13(5)14(6)18/h8,13-14H,18H2,1-7H3. The lowest BCUT2D eigenvalue weighted by molar-refractivity contribution is 0.615. The predicted octanol–water partition coefficient (Wildman–Crippen LogP) is 3.86. The Kier molecular flexibility index (Phi) is 3.48. The second-order valence-corrected chi connectivity index (χ2v) is 6.07. The summed E-state index contributed by atoms with van der Waals surface area (Å²) in [6.45, 7) is 13.2. The van der Waals surface area contributed by atoms with E-state index in [4.69, 9.17) is 5.73 Å². The molecule has 19 heavy (non-hydrogen) atoms. The third-order valence-electron chi connectivity index (χ3n) is 4.91. The molecular formula is C17H26N2. The Morgan fingerprint density at radius 1 is 0.947 bits per heavy atom. The first-order valence-corrected chi connectivity index (χ1v) is 7.08. The minimum Gasteiger partial charge on any atom is -0.350 e. The average Bonchev–Trinajstić information content (AvgIpc) is 2.70. The van der Waals surface area contributed by atoms with E-state index in [1.807, 2.05) is 0 Å². The molecule has 0 saturated carbocycles. The van der Waals surface area contributed by atoms with Crippen molar-refractivity contribution in [3.05, 3.63) is 34.0 Å². The second-order valence-electron chi connectivity index (χ2n) is 6.07. The van der Waals surface area contributed by atoms with Gasteiger partial charge in [-0.05, 0) is 68.4 Å². The molecule has 0 aliphatic carbocycles. The van der Waals surface area contributed by atoms with Crippen LogP contribution in [0.5, 0.6) is 0 Å². The Hall–Kier alpha value is -1.28. The lowest BCUT2D eigenvalue weighted by atomic mass is 9.88. The zero-order valence-corrected chi connectivity index (χ0v) is 13.3. The Labute approximate surface area is 116 Å². The van der Waals surface area contributed by atoms with Crippen molar-refractivity contribution in [3.8, 4) is 0 Å². The summed E-state index contributed by atoms with van der Waals surface area (Å²) in [6.07, 6.45) is 2.26. The molecule has 0 fully saturated rings. The molecule has 1 aromatic heterocycles. The summed E-state index contributed by atoms with van der Waals surface area (Å²) in [5.74, 6) is 0.379.